The number of piperidine rings is 1. The lowest BCUT2D eigenvalue weighted by atomic mass is 9.80. The average molecular weight is 607 g/mol. The van der Waals surface area contributed by atoms with Crippen molar-refractivity contribution in [3.05, 3.63) is 101 Å². The molecular formula is C32H32F6N2O3. The summed E-state index contributed by atoms with van der Waals surface area (Å²) in [6, 6.07) is 18.2. The van der Waals surface area contributed by atoms with Gasteiger partial charge < -0.3 is 20.1 Å². The van der Waals surface area contributed by atoms with Crippen LogP contribution in [0.4, 0.5) is 26.3 Å². The van der Waals surface area contributed by atoms with Crippen molar-refractivity contribution >= 4 is 5.91 Å². The fourth-order valence-electron chi connectivity index (χ4n) is 6.23. The maximum Gasteiger partial charge on any atom is 0.416 e. The number of hydrogen-bond acceptors (Lipinski definition) is 4. The molecule has 2 N–H and O–H groups in total. The van der Waals surface area contributed by atoms with Gasteiger partial charge in [-0.3, -0.25) is 4.79 Å². The molecule has 0 aliphatic carbocycles. The van der Waals surface area contributed by atoms with Crippen molar-refractivity contribution in [2.75, 3.05) is 13.7 Å². The molecule has 0 spiro atoms. The molecule has 2 fully saturated rings. The summed E-state index contributed by atoms with van der Waals surface area (Å²) in [5.41, 5.74) is -1.93. The summed E-state index contributed by atoms with van der Waals surface area (Å²) < 4.78 is 91.8. The summed E-state index contributed by atoms with van der Waals surface area (Å²) >= 11 is 0. The second kappa shape index (κ2) is 12.2. The lowest BCUT2D eigenvalue weighted by Gasteiger charge is -2.42. The van der Waals surface area contributed by atoms with Gasteiger partial charge in [0.2, 0.25) is 5.91 Å². The van der Waals surface area contributed by atoms with Crippen molar-refractivity contribution < 1.29 is 40.6 Å². The first-order valence-corrected chi connectivity index (χ1v) is 14.0. The summed E-state index contributed by atoms with van der Waals surface area (Å²) in [7, 11) is 1.59. The topological polar surface area (TPSA) is 59.6 Å². The molecule has 230 valence electrons. The Labute approximate surface area is 245 Å². The van der Waals surface area contributed by atoms with Crippen molar-refractivity contribution in [3.63, 3.8) is 0 Å². The van der Waals surface area contributed by atoms with Gasteiger partial charge in [-0.25, -0.2) is 0 Å². The molecule has 3 aromatic rings. The highest BCUT2D eigenvalue weighted by Crippen LogP contribution is 2.48. The number of halogens is 6. The van der Waals surface area contributed by atoms with Crippen molar-refractivity contribution in [1.82, 2.24) is 10.6 Å². The van der Waals surface area contributed by atoms with E-state index >= 15 is 0 Å². The average Bonchev–Trinajstić information content (AvgIpc) is 3.30. The van der Waals surface area contributed by atoms with Gasteiger partial charge in [0.25, 0.3) is 0 Å². The highest BCUT2D eigenvalue weighted by molar-refractivity contribution is 5.80. The van der Waals surface area contributed by atoms with E-state index in [9.17, 15) is 31.1 Å². The Hall–Kier alpha value is -3.57. The van der Waals surface area contributed by atoms with Crippen molar-refractivity contribution in [1.29, 1.82) is 0 Å². The van der Waals surface area contributed by atoms with E-state index in [0.29, 0.717) is 44.4 Å². The van der Waals surface area contributed by atoms with Crippen LogP contribution >= 0.6 is 0 Å². The molecule has 2 bridgehead atoms. The number of fused-ring (bicyclic) bond motifs is 2. The Morgan fingerprint density at radius 2 is 1.56 bits per heavy atom. The van der Waals surface area contributed by atoms with Gasteiger partial charge in [-0.15, -0.1) is 0 Å². The molecule has 3 aromatic carbocycles. The molecule has 1 amide bonds. The van der Waals surface area contributed by atoms with Gasteiger partial charge in [-0.1, -0.05) is 42.5 Å². The number of carbonyl (C=O) groups excluding carboxylic acids is 1. The molecule has 43 heavy (non-hydrogen) atoms. The van der Waals surface area contributed by atoms with E-state index in [-0.39, 0.29) is 23.6 Å². The van der Waals surface area contributed by atoms with E-state index < -0.39 is 47.6 Å². The number of benzene rings is 3. The minimum Gasteiger partial charge on any atom is -0.497 e. The third-order valence-corrected chi connectivity index (χ3v) is 8.36. The number of alkyl halides is 6. The number of amides is 1. The number of carbonyl (C=O) groups is 1. The molecule has 4 unspecified atom stereocenters. The fraction of sp³-hybridized carbons (Fsp3) is 0.406. The molecule has 5 nitrogen and oxygen atoms in total. The smallest absolute Gasteiger partial charge is 0.416 e. The van der Waals surface area contributed by atoms with E-state index in [4.69, 9.17) is 9.47 Å². The molecule has 0 saturated carbocycles. The highest BCUT2D eigenvalue weighted by Gasteiger charge is 2.56. The van der Waals surface area contributed by atoms with Crippen LogP contribution in [0.5, 0.6) is 5.75 Å². The molecule has 0 radical (unpaired) electrons. The summed E-state index contributed by atoms with van der Waals surface area (Å²) in [5.74, 6) is 0.237. The van der Waals surface area contributed by atoms with Gasteiger partial charge in [0, 0.05) is 12.6 Å². The number of hydrogen-bond donors (Lipinski definition) is 2. The molecule has 2 aliphatic heterocycles. The maximum absolute atomic E-state index is 13.4. The van der Waals surface area contributed by atoms with Gasteiger partial charge in [0.15, 0.2) is 0 Å². The van der Waals surface area contributed by atoms with E-state index in [0.717, 1.165) is 16.9 Å². The van der Waals surface area contributed by atoms with Crippen LogP contribution in [0.3, 0.4) is 0 Å². The molecule has 11 heteroatoms. The molecule has 2 saturated heterocycles. The van der Waals surface area contributed by atoms with Crippen LogP contribution in [-0.4, -0.2) is 31.7 Å². The molecule has 2 aliphatic rings. The minimum atomic E-state index is -4.94. The summed E-state index contributed by atoms with van der Waals surface area (Å²) in [6.45, 7) is -0.0128. The number of ether oxygens (including phenoxy) is 2. The van der Waals surface area contributed by atoms with Crippen LogP contribution in [-0.2, 0) is 40.5 Å². The van der Waals surface area contributed by atoms with Crippen molar-refractivity contribution in [3.8, 4) is 5.75 Å². The van der Waals surface area contributed by atoms with Crippen LogP contribution in [0.1, 0.15) is 47.1 Å². The van der Waals surface area contributed by atoms with Gasteiger partial charge in [-0.05, 0) is 72.7 Å². The van der Waals surface area contributed by atoms with Crippen LogP contribution in [0.2, 0.25) is 0 Å². The number of methoxy groups -OCH3 is 1. The highest BCUT2D eigenvalue weighted by atomic mass is 19.4. The van der Waals surface area contributed by atoms with E-state index in [2.05, 4.69) is 10.6 Å². The van der Waals surface area contributed by atoms with Crippen molar-refractivity contribution in [2.45, 2.75) is 62.3 Å². The lowest BCUT2D eigenvalue weighted by Crippen LogP contribution is -2.54. The fourth-order valence-corrected chi connectivity index (χ4v) is 6.23. The largest absolute Gasteiger partial charge is 0.497 e. The van der Waals surface area contributed by atoms with Crippen LogP contribution in [0.25, 0.3) is 0 Å². The summed E-state index contributed by atoms with van der Waals surface area (Å²) in [5, 5.41) is 6.60. The maximum atomic E-state index is 13.4. The Bertz CT molecular complexity index is 1380. The normalized spacial score (nSPS) is 23.7. The van der Waals surface area contributed by atoms with Crippen LogP contribution < -0.4 is 15.4 Å². The first-order chi connectivity index (χ1) is 20.4. The van der Waals surface area contributed by atoms with Gasteiger partial charge in [0.1, 0.15) is 5.75 Å². The molecule has 2 heterocycles. The third kappa shape index (κ3) is 6.83. The Kier molecular flexibility index (Phi) is 8.76. The van der Waals surface area contributed by atoms with E-state index in [1.165, 1.54) is 0 Å². The predicted octanol–water partition coefficient (Wildman–Crippen LogP) is 6.64. The van der Waals surface area contributed by atoms with Crippen LogP contribution in [0, 0.1) is 5.92 Å². The number of rotatable bonds is 9. The van der Waals surface area contributed by atoms with Gasteiger partial charge in [0.05, 0.1) is 42.4 Å². The van der Waals surface area contributed by atoms with E-state index in [1.807, 2.05) is 54.6 Å². The SMILES string of the molecule is COc1ccc(CCNC(=O)C2CC3(c4ccccc4)NC2CCC3OCc2cc(C(F)(F)F)cc(C(F)(F)F)c2)cc1. The molecule has 0 aromatic heterocycles. The first kappa shape index (κ1) is 30.9. The number of nitrogens with one attached hydrogen (secondary N) is 2. The van der Waals surface area contributed by atoms with E-state index in [1.54, 1.807) is 7.11 Å². The van der Waals surface area contributed by atoms with Crippen molar-refractivity contribution in [2.24, 2.45) is 5.92 Å². The third-order valence-electron chi connectivity index (χ3n) is 8.36. The monoisotopic (exact) mass is 606 g/mol. The molecule has 5 rings (SSSR count). The second-order valence-corrected chi connectivity index (χ2v) is 11.1. The Morgan fingerprint density at radius 1 is 0.907 bits per heavy atom. The zero-order valence-corrected chi connectivity index (χ0v) is 23.4. The second-order valence-electron chi connectivity index (χ2n) is 11.1. The van der Waals surface area contributed by atoms with Gasteiger partial charge >= 0.3 is 12.4 Å². The van der Waals surface area contributed by atoms with Crippen LogP contribution in [0.15, 0.2) is 72.8 Å². The molecule has 4 atom stereocenters. The summed E-state index contributed by atoms with van der Waals surface area (Å²) in [6.07, 6.45) is -8.43. The zero-order chi connectivity index (χ0) is 30.8. The standard InChI is InChI=1S/C32H32F6N2O3/c1-42-25-9-7-20(8-10-25)13-14-39-29(41)26-18-30(22-5-3-2-4-6-22)28(12-11-27(26)40-30)43-19-21-15-23(31(33,34)35)17-24(16-21)32(36,37)38/h2-10,15-17,26-28,40H,11-14,18-19H2,1H3,(H,39,41). The quantitative estimate of drug-likeness (QED) is 0.268. The first-order valence-electron chi connectivity index (χ1n) is 14.0. The zero-order valence-electron chi connectivity index (χ0n) is 23.4. The van der Waals surface area contributed by atoms with Gasteiger partial charge in [-0.2, -0.15) is 26.3 Å². The minimum absolute atomic E-state index is 0.108. The predicted molar refractivity (Wildman–Crippen MR) is 147 cm³/mol. The Morgan fingerprint density at radius 3 is 2.16 bits per heavy atom. The molecular weight excluding hydrogens is 574 g/mol. The lowest BCUT2D eigenvalue weighted by molar-refractivity contribution is -0.143. The Balaban J connectivity index is 1.32. The summed E-state index contributed by atoms with van der Waals surface area (Å²) in [4.78, 5) is 13.4.